The molecule has 1 aliphatic carbocycles. The predicted octanol–water partition coefficient (Wildman–Crippen LogP) is 3.32. The number of hydrogen-bond acceptors (Lipinski definition) is 4. The molecule has 0 radical (unpaired) electrons. The van der Waals surface area contributed by atoms with Crippen LogP contribution in [0, 0.1) is 0 Å². The van der Waals surface area contributed by atoms with Crippen LogP contribution < -0.4 is 0 Å². The van der Waals surface area contributed by atoms with Crippen molar-refractivity contribution in [1.29, 1.82) is 0 Å². The fraction of sp³-hybridized carbons (Fsp3) is 0.625. The Hall–Kier alpha value is -0.520. The molecule has 116 valence electrons. The lowest BCUT2D eigenvalue weighted by molar-refractivity contribution is 0.0407. The van der Waals surface area contributed by atoms with Gasteiger partial charge in [-0.2, -0.15) is 11.8 Å². The Balaban J connectivity index is 1.96. The molecular formula is C16H23NO2S2. The summed E-state index contributed by atoms with van der Waals surface area (Å²) in [5, 5.41) is 11.3. The Labute approximate surface area is 131 Å². The molecule has 1 saturated carbocycles. The molecule has 1 saturated heterocycles. The Kier molecular flexibility index (Phi) is 4.10. The molecule has 1 N–H and O–H groups in total. The Bertz CT molecular complexity index is 611. The first-order valence-electron chi connectivity index (χ1n) is 7.58. The molecule has 0 aromatic heterocycles. The van der Waals surface area contributed by atoms with E-state index in [9.17, 15) is 9.32 Å². The van der Waals surface area contributed by atoms with Crippen molar-refractivity contribution in [2.75, 3.05) is 18.6 Å². The van der Waals surface area contributed by atoms with E-state index in [1.54, 1.807) is 7.05 Å². The minimum Gasteiger partial charge on any atom is -0.387 e. The summed E-state index contributed by atoms with van der Waals surface area (Å²) in [6.07, 6.45) is 5.02. The molecule has 0 unspecified atom stereocenters. The predicted molar refractivity (Wildman–Crippen MR) is 89.3 cm³/mol. The van der Waals surface area contributed by atoms with Gasteiger partial charge in [-0.25, -0.2) is 8.57 Å². The standard InChI is InChI=1S/C16H23NO2S2/c1-17-21(19,14-7-3-2-4-8-14)13-15(18)9-5-10-16(15)11-6-12-20-16/h2-4,7-8,18H,5-6,9-13H2,1H3/t15-,16+,21-/m1/s1. The average molecular weight is 325 g/mol. The van der Waals surface area contributed by atoms with Gasteiger partial charge in [0.2, 0.25) is 0 Å². The number of benzene rings is 1. The van der Waals surface area contributed by atoms with Gasteiger partial charge in [0.25, 0.3) is 0 Å². The largest absolute Gasteiger partial charge is 0.387 e. The van der Waals surface area contributed by atoms with Crippen LogP contribution in [0.2, 0.25) is 0 Å². The molecule has 2 fully saturated rings. The van der Waals surface area contributed by atoms with E-state index >= 15 is 0 Å². The first-order chi connectivity index (χ1) is 10.0. The lowest BCUT2D eigenvalue weighted by Crippen LogP contribution is -2.50. The quantitative estimate of drug-likeness (QED) is 0.927. The van der Waals surface area contributed by atoms with E-state index < -0.39 is 15.3 Å². The lowest BCUT2D eigenvalue weighted by atomic mass is 9.88. The zero-order chi connectivity index (χ0) is 15.0. The smallest absolute Gasteiger partial charge is 0.0920 e. The van der Waals surface area contributed by atoms with Gasteiger partial charge < -0.3 is 5.11 Å². The fourth-order valence-electron chi connectivity index (χ4n) is 3.80. The van der Waals surface area contributed by atoms with Crippen LogP contribution in [-0.4, -0.2) is 38.2 Å². The van der Waals surface area contributed by atoms with Crippen molar-refractivity contribution in [2.24, 2.45) is 4.36 Å². The van der Waals surface area contributed by atoms with Crippen molar-refractivity contribution in [3.63, 3.8) is 0 Å². The van der Waals surface area contributed by atoms with Crippen LogP contribution in [0.4, 0.5) is 0 Å². The van der Waals surface area contributed by atoms with Crippen LogP contribution in [0.5, 0.6) is 0 Å². The summed E-state index contributed by atoms with van der Waals surface area (Å²) in [5.41, 5.74) is -0.847. The first-order valence-corrected chi connectivity index (χ1v) is 10.3. The number of thioether (sulfide) groups is 1. The van der Waals surface area contributed by atoms with E-state index in [1.165, 1.54) is 0 Å². The zero-order valence-electron chi connectivity index (χ0n) is 12.5. The topological polar surface area (TPSA) is 49.7 Å². The molecule has 1 spiro atoms. The molecule has 3 atom stereocenters. The Morgan fingerprint density at radius 3 is 2.57 bits per heavy atom. The summed E-state index contributed by atoms with van der Waals surface area (Å²) in [4.78, 5) is 0.742. The van der Waals surface area contributed by atoms with Crippen molar-refractivity contribution in [3.8, 4) is 0 Å². The SMILES string of the molecule is CN=[S@@](=O)(C[C@]1(O)CCC[C@]12CCCS2)c1ccccc1. The minimum atomic E-state index is -2.55. The van der Waals surface area contributed by atoms with E-state index in [4.69, 9.17) is 0 Å². The maximum Gasteiger partial charge on any atom is 0.0920 e. The van der Waals surface area contributed by atoms with Gasteiger partial charge in [0.15, 0.2) is 0 Å². The molecule has 1 heterocycles. The monoisotopic (exact) mass is 325 g/mol. The first kappa shape index (κ1) is 15.4. The van der Waals surface area contributed by atoms with E-state index in [0.717, 1.165) is 42.8 Å². The van der Waals surface area contributed by atoms with Crippen molar-refractivity contribution >= 4 is 21.5 Å². The second kappa shape index (κ2) is 5.60. The van der Waals surface area contributed by atoms with Gasteiger partial charge in [-0.1, -0.05) is 18.2 Å². The van der Waals surface area contributed by atoms with Gasteiger partial charge in [0.1, 0.15) is 0 Å². The molecule has 5 heteroatoms. The molecule has 1 aliphatic heterocycles. The van der Waals surface area contributed by atoms with Crippen molar-refractivity contribution < 1.29 is 9.32 Å². The third-order valence-corrected chi connectivity index (χ3v) is 9.26. The third-order valence-electron chi connectivity index (χ3n) is 4.96. The Morgan fingerprint density at radius 1 is 1.24 bits per heavy atom. The number of aliphatic hydroxyl groups is 1. The number of hydrogen-bond donors (Lipinski definition) is 1. The van der Waals surface area contributed by atoms with Gasteiger partial charge >= 0.3 is 0 Å². The number of nitrogens with zero attached hydrogens (tertiary/aromatic N) is 1. The highest BCUT2D eigenvalue weighted by Crippen LogP contribution is 2.56. The van der Waals surface area contributed by atoms with Crippen LogP contribution in [0.15, 0.2) is 39.6 Å². The maximum atomic E-state index is 13.3. The fourth-order valence-corrected chi connectivity index (χ4v) is 7.75. The lowest BCUT2D eigenvalue weighted by Gasteiger charge is -2.39. The van der Waals surface area contributed by atoms with Gasteiger partial charge in [0, 0.05) is 16.7 Å². The Morgan fingerprint density at radius 2 is 1.95 bits per heavy atom. The van der Waals surface area contributed by atoms with Crippen LogP contribution >= 0.6 is 11.8 Å². The average Bonchev–Trinajstić information content (AvgIpc) is 3.09. The van der Waals surface area contributed by atoms with E-state index in [1.807, 2.05) is 42.1 Å². The summed E-state index contributed by atoms with van der Waals surface area (Å²) < 4.78 is 17.4. The highest BCUT2D eigenvalue weighted by Gasteiger charge is 2.56. The summed E-state index contributed by atoms with van der Waals surface area (Å²) in [6.45, 7) is 0. The van der Waals surface area contributed by atoms with Crippen molar-refractivity contribution in [2.45, 2.75) is 47.3 Å². The molecule has 1 aromatic carbocycles. The summed E-state index contributed by atoms with van der Waals surface area (Å²) >= 11 is 1.89. The highest BCUT2D eigenvalue weighted by molar-refractivity contribution is 8.01. The molecule has 2 aliphatic rings. The molecule has 3 rings (SSSR count). The van der Waals surface area contributed by atoms with Crippen LogP contribution in [0.3, 0.4) is 0 Å². The molecule has 0 amide bonds. The molecule has 21 heavy (non-hydrogen) atoms. The van der Waals surface area contributed by atoms with Gasteiger partial charge in [0.05, 0.1) is 21.1 Å². The molecule has 3 nitrogen and oxygen atoms in total. The second-order valence-corrected chi connectivity index (χ2v) is 10.00. The minimum absolute atomic E-state index is 0.0882. The van der Waals surface area contributed by atoms with Gasteiger partial charge in [-0.3, -0.25) is 0 Å². The van der Waals surface area contributed by atoms with Gasteiger partial charge in [-0.05, 0) is 50.0 Å². The van der Waals surface area contributed by atoms with E-state index in [-0.39, 0.29) is 10.5 Å². The van der Waals surface area contributed by atoms with E-state index in [2.05, 4.69) is 4.36 Å². The molecule has 0 bridgehead atoms. The van der Waals surface area contributed by atoms with Crippen LogP contribution in [0.25, 0.3) is 0 Å². The highest BCUT2D eigenvalue weighted by atomic mass is 32.2. The summed E-state index contributed by atoms with van der Waals surface area (Å²) in [5.74, 6) is 1.38. The van der Waals surface area contributed by atoms with Crippen LogP contribution in [-0.2, 0) is 9.73 Å². The molecule has 1 aromatic rings. The summed E-state index contributed by atoms with van der Waals surface area (Å²) in [7, 11) is -0.936. The van der Waals surface area contributed by atoms with E-state index in [0.29, 0.717) is 0 Å². The van der Waals surface area contributed by atoms with Crippen LogP contribution in [0.1, 0.15) is 32.1 Å². The maximum absolute atomic E-state index is 13.3. The summed E-state index contributed by atoms with van der Waals surface area (Å²) in [6, 6.07) is 9.42. The van der Waals surface area contributed by atoms with Crippen molar-refractivity contribution in [1.82, 2.24) is 0 Å². The normalized spacial score (nSPS) is 35.0. The number of rotatable bonds is 3. The third kappa shape index (κ3) is 2.53. The zero-order valence-corrected chi connectivity index (χ0v) is 14.1. The molecular weight excluding hydrogens is 302 g/mol. The second-order valence-electron chi connectivity index (χ2n) is 6.11. The van der Waals surface area contributed by atoms with Gasteiger partial charge in [-0.15, -0.1) is 0 Å². The van der Waals surface area contributed by atoms with Crippen molar-refractivity contribution in [3.05, 3.63) is 30.3 Å².